The number of aliphatic carboxylic acids is 1. The van der Waals surface area contributed by atoms with Crippen LogP contribution in [0.4, 0.5) is 5.95 Å². The number of nitrogen functional groups attached to an aromatic ring is 1. The van der Waals surface area contributed by atoms with E-state index >= 15 is 0 Å². The molecular weight excluding hydrogens is 206 g/mol. The average molecular weight is 219 g/mol. The Morgan fingerprint density at radius 1 is 1.56 bits per heavy atom. The largest absolute Gasteiger partial charge is 0.481 e. The standard InChI is InChI=1S/C11H13N3O2/c1-7-2-3-9-8(6-7)13-11(12)14(9)5-4-10(15)16/h2-3,6H,4-5H2,1H3,(H2,12,13)(H,15,16). The fraction of sp³-hybridized carbons (Fsp3) is 0.273. The van der Waals surface area contributed by atoms with E-state index in [1.165, 1.54) is 0 Å². The molecule has 0 aliphatic rings. The molecule has 5 heteroatoms. The zero-order chi connectivity index (χ0) is 11.7. The van der Waals surface area contributed by atoms with Crippen LogP contribution < -0.4 is 5.73 Å². The van der Waals surface area contributed by atoms with Gasteiger partial charge in [-0.1, -0.05) is 6.07 Å². The first kappa shape index (κ1) is 10.5. The van der Waals surface area contributed by atoms with Crippen LogP contribution in [0, 0.1) is 6.92 Å². The molecule has 0 fully saturated rings. The zero-order valence-corrected chi connectivity index (χ0v) is 8.97. The molecule has 0 amide bonds. The molecule has 16 heavy (non-hydrogen) atoms. The molecule has 0 radical (unpaired) electrons. The minimum atomic E-state index is -0.839. The van der Waals surface area contributed by atoms with Crippen molar-refractivity contribution >= 4 is 23.0 Å². The number of hydrogen-bond donors (Lipinski definition) is 2. The van der Waals surface area contributed by atoms with Gasteiger partial charge >= 0.3 is 5.97 Å². The summed E-state index contributed by atoms with van der Waals surface area (Å²) in [7, 11) is 0. The van der Waals surface area contributed by atoms with Gasteiger partial charge in [0.25, 0.3) is 0 Å². The third kappa shape index (κ3) is 1.84. The molecule has 2 aromatic rings. The maximum Gasteiger partial charge on any atom is 0.305 e. The smallest absolute Gasteiger partial charge is 0.305 e. The number of aryl methyl sites for hydroxylation is 2. The minimum absolute atomic E-state index is 0.0452. The molecule has 0 unspecified atom stereocenters. The molecule has 3 N–H and O–H groups in total. The molecule has 1 aromatic carbocycles. The van der Waals surface area contributed by atoms with Crippen molar-refractivity contribution in [3.05, 3.63) is 23.8 Å². The van der Waals surface area contributed by atoms with Crippen molar-refractivity contribution in [2.24, 2.45) is 0 Å². The highest BCUT2D eigenvalue weighted by molar-refractivity contribution is 5.79. The molecule has 1 heterocycles. The van der Waals surface area contributed by atoms with Crippen molar-refractivity contribution in [2.75, 3.05) is 5.73 Å². The van der Waals surface area contributed by atoms with E-state index in [1.807, 2.05) is 25.1 Å². The van der Waals surface area contributed by atoms with E-state index in [0.29, 0.717) is 12.5 Å². The first-order chi connectivity index (χ1) is 7.58. The number of nitrogens with zero attached hydrogens (tertiary/aromatic N) is 2. The molecule has 0 saturated heterocycles. The van der Waals surface area contributed by atoms with Crippen molar-refractivity contribution in [3.8, 4) is 0 Å². The van der Waals surface area contributed by atoms with Gasteiger partial charge in [0.15, 0.2) is 0 Å². The third-order valence-electron chi connectivity index (χ3n) is 2.48. The van der Waals surface area contributed by atoms with Crippen LogP contribution in [-0.2, 0) is 11.3 Å². The number of rotatable bonds is 3. The molecule has 0 aliphatic carbocycles. The number of anilines is 1. The molecule has 0 spiro atoms. The zero-order valence-electron chi connectivity index (χ0n) is 8.97. The summed E-state index contributed by atoms with van der Waals surface area (Å²) in [5.74, 6) is -0.477. The maximum atomic E-state index is 10.5. The molecular formula is C11H13N3O2. The number of aromatic nitrogens is 2. The number of carboxylic acids is 1. The molecule has 0 bridgehead atoms. The van der Waals surface area contributed by atoms with E-state index in [0.717, 1.165) is 16.6 Å². The van der Waals surface area contributed by atoms with Crippen molar-refractivity contribution in [3.63, 3.8) is 0 Å². The fourth-order valence-electron chi connectivity index (χ4n) is 1.70. The molecule has 2 rings (SSSR count). The highest BCUT2D eigenvalue weighted by atomic mass is 16.4. The molecule has 0 aliphatic heterocycles. The fourth-order valence-corrected chi connectivity index (χ4v) is 1.70. The predicted molar refractivity (Wildman–Crippen MR) is 61.1 cm³/mol. The Labute approximate surface area is 92.5 Å². The summed E-state index contributed by atoms with van der Waals surface area (Å²) >= 11 is 0. The lowest BCUT2D eigenvalue weighted by atomic mass is 10.2. The third-order valence-corrected chi connectivity index (χ3v) is 2.48. The number of hydrogen-bond acceptors (Lipinski definition) is 3. The second-order valence-electron chi connectivity index (χ2n) is 3.76. The number of carbonyl (C=O) groups is 1. The van der Waals surface area contributed by atoms with E-state index in [1.54, 1.807) is 4.57 Å². The lowest BCUT2D eigenvalue weighted by Crippen LogP contribution is -2.07. The van der Waals surface area contributed by atoms with Crippen LogP contribution >= 0.6 is 0 Å². The predicted octanol–water partition coefficient (Wildman–Crippen LogP) is 1.40. The second-order valence-corrected chi connectivity index (χ2v) is 3.76. The lowest BCUT2D eigenvalue weighted by Gasteiger charge is -2.03. The Morgan fingerprint density at radius 3 is 3.00 bits per heavy atom. The van der Waals surface area contributed by atoms with Gasteiger partial charge in [0.1, 0.15) is 0 Å². The summed E-state index contributed by atoms with van der Waals surface area (Å²) < 4.78 is 1.73. The normalized spacial score (nSPS) is 10.8. The Balaban J connectivity index is 2.43. The molecule has 84 valence electrons. The van der Waals surface area contributed by atoms with Crippen LogP contribution in [0.3, 0.4) is 0 Å². The molecule has 5 nitrogen and oxygen atoms in total. The lowest BCUT2D eigenvalue weighted by molar-refractivity contribution is -0.137. The van der Waals surface area contributed by atoms with Gasteiger partial charge in [-0.05, 0) is 24.6 Å². The molecule has 1 aromatic heterocycles. The highest BCUT2D eigenvalue weighted by Gasteiger charge is 2.09. The van der Waals surface area contributed by atoms with Crippen LogP contribution in [0.1, 0.15) is 12.0 Å². The van der Waals surface area contributed by atoms with Crippen molar-refractivity contribution in [2.45, 2.75) is 19.9 Å². The number of carboxylic acid groups (broad SMARTS) is 1. The first-order valence-corrected chi connectivity index (χ1v) is 5.02. The quantitative estimate of drug-likeness (QED) is 0.817. The number of benzene rings is 1. The van der Waals surface area contributed by atoms with Crippen LogP contribution in [0.25, 0.3) is 11.0 Å². The first-order valence-electron chi connectivity index (χ1n) is 5.02. The topological polar surface area (TPSA) is 81.1 Å². The minimum Gasteiger partial charge on any atom is -0.481 e. The van der Waals surface area contributed by atoms with Crippen LogP contribution in [0.2, 0.25) is 0 Å². The van der Waals surface area contributed by atoms with Gasteiger partial charge in [0.2, 0.25) is 5.95 Å². The summed E-state index contributed by atoms with van der Waals surface area (Å²) in [6, 6.07) is 5.81. The Kier molecular flexibility index (Phi) is 2.52. The van der Waals surface area contributed by atoms with Crippen LogP contribution in [-0.4, -0.2) is 20.6 Å². The Bertz CT molecular complexity index is 545. The summed E-state index contributed by atoms with van der Waals surface area (Å²) in [5.41, 5.74) is 8.54. The van der Waals surface area contributed by atoms with Gasteiger partial charge in [-0.3, -0.25) is 4.79 Å². The maximum absolute atomic E-state index is 10.5. The summed E-state index contributed by atoms with van der Waals surface area (Å²) in [5, 5.41) is 8.64. The van der Waals surface area contributed by atoms with Gasteiger partial charge in [-0.2, -0.15) is 0 Å². The SMILES string of the molecule is Cc1ccc2c(c1)nc(N)n2CCC(=O)O. The van der Waals surface area contributed by atoms with Gasteiger partial charge in [0, 0.05) is 6.54 Å². The van der Waals surface area contributed by atoms with Crippen LogP contribution in [0.5, 0.6) is 0 Å². The van der Waals surface area contributed by atoms with Gasteiger partial charge in [-0.25, -0.2) is 4.98 Å². The van der Waals surface area contributed by atoms with Gasteiger partial charge in [0.05, 0.1) is 17.5 Å². The van der Waals surface area contributed by atoms with Crippen molar-refractivity contribution in [1.29, 1.82) is 0 Å². The monoisotopic (exact) mass is 219 g/mol. The van der Waals surface area contributed by atoms with Crippen LogP contribution in [0.15, 0.2) is 18.2 Å². The van der Waals surface area contributed by atoms with Crippen molar-refractivity contribution in [1.82, 2.24) is 9.55 Å². The number of fused-ring (bicyclic) bond motifs is 1. The molecule has 0 saturated carbocycles. The summed E-state index contributed by atoms with van der Waals surface area (Å²) in [6.07, 6.45) is 0.0452. The van der Waals surface area contributed by atoms with Gasteiger partial charge in [-0.15, -0.1) is 0 Å². The molecule has 0 atom stereocenters. The second kappa shape index (κ2) is 3.84. The summed E-state index contributed by atoms with van der Waals surface area (Å²) in [4.78, 5) is 14.7. The van der Waals surface area contributed by atoms with E-state index < -0.39 is 5.97 Å². The van der Waals surface area contributed by atoms with E-state index in [-0.39, 0.29) is 6.42 Å². The number of nitrogens with two attached hydrogens (primary N) is 1. The Hall–Kier alpha value is -2.04. The van der Waals surface area contributed by atoms with Crippen molar-refractivity contribution < 1.29 is 9.90 Å². The van der Waals surface area contributed by atoms with E-state index in [4.69, 9.17) is 10.8 Å². The Morgan fingerprint density at radius 2 is 2.31 bits per heavy atom. The van der Waals surface area contributed by atoms with Gasteiger partial charge < -0.3 is 15.4 Å². The highest BCUT2D eigenvalue weighted by Crippen LogP contribution is 2.19. The number of imidazole rings is 1. The summed E-state index contributed by atoms with van der Waals surface area (Å²) in [6.45, 7) is 2.33. The van der Waals surface area contributed by atoms with E-state index in [2.05, 4.69) is 4.98 Å². The average Bonchev–Trinajstić information content (AvgIpc) is 2.50. The van der Waals surface area contributed by atoms with E-state index in [9.17, 15) is 4.79 Å².